The molecule has 2 aromatic carbocycles. The van der Waals surface area contributed by atoms with Crippen LogP contribution in [-0.2, 0) is 11.8 Å². The van der Waals surface area contributed by atoms with E-state index in [0.29, 0.717) is 31.0 Å². The lowest BCUT2D eigenvalue weighted by atomic mass is 9.98. The molecule has 6 heteroatoms. The molecule has 1 aliphatic rings. The van der Waals surface area contributed by atoms with Crippen LogP contribution >= 0.6 is 0 Å². The summed E-state index contributed by atoms with van der Waals surface area (Å²) in [6.07, 6.45) is 1.83. The summed E-state index contributed by atoms with van der Waals surface area (Å²) in [5, 5.41) is 6.78. The van der Waals surface area contributed by atoms with Gasteiger partial charge in [0.2, 0.25) is 0 Å². The van der Waals surface area contributed by atoms with Crippen LogP contribution in [0.25, 0.3) is 11.1 Å². The second kappa shape index (κ2) is 8.11. The van der Waals surface area contributed by atoms with Gasteiger partial charge in [-0.3, -0.25) is 4.68 Å². The minimum absolute atomic E-state index is 0.0569. The molecule has 4 rings (SSSR count). The van der Waals surface area contributed by atoms with Crippen molar-refractivity contribution in [2.75, 3.05) is 18.9 Å². The monoisotopic (exact) mass is 386 g/mol. The van der Waals surface area contributed by atoms with Crippen LogP contribution in [0.2, 0.25) is 0 Å². The average molecular weight is 386 g/mol. The summed E-state index contributed by atoms with van der Waals surface area (Å²) in [6.45, 7) is 0.710. The van der Waals surface area contributed by atoms with Crippen LogP contribution in [0.3, 0.4) is 0 Å². The number of carbonyl (C=O) groups is 1. The van der Waals surface area contributed by atoms with Crippen molar-refractivity contribution < 1.29 is 9.53 Å². The van der Waals surface area contributed by atoms with E-state index in [9.17, 15) is 4.79 Å². The summed E-state index contributed by atoms with van der Waals surface area (Å²) in [7, 11) is 1.79. The van der Waals surface area contributed by atoms with Crippen LogP contribution in [0.5, 0.6) is 0 Å². The highest BCUT2D eigenvalue weighted by Gasteiger charge is 2.28. The Balaban J connectivity index is 1.30. The van der Waals surface area contributed by atoms with Gasteiger partial charge in [0.25, 0.3) is 0 Å². The predicted octanol–water partition coefficient (Wildman–Crippen LogP) is 3.28. The van der Waals surface area contributed by atoms with E-state index < -0.39 is 6.09 Å². The molecule has 6 nitrogen and oxygen atoms in total. The highest BCUT2D eigenvalue weighted by Crippen LogP contribution is 2.44. The molecule has 29 heavy (non-hydrogen) atoms. The third-order valence-electron chi connectivity index (χ3n) is 4.94. The molecule has 0 unspecified atom stereocenters. The van der Waals surface area contributed by atoms with E-state index in [4.69, 9.17) is 10.5 Å². The maximum absolute atomic E-state index is 12.1. The predicted molar refractivity (Wildman–Crippen MR) is 112 cm³/mol. The topological polar surface area (TPSA) is 82.2 Å². The zero-order valence-corrected chi connectivity index (χ0v) is 16.2. The molecule has 0 spiro atoms. The molecule has 0 aliphatic heterocycles. The van der Waals surface area contributed by atoms with Gasteiger partial charge in [0, 0.05) is 32.1 Å². The lowest BCUT2D eigenvalue weighted by Gasteiger charge is -2.14. The first-order valence-electron chi connectivity index (χ1n) is 9.50. The number of carbonyl (C=O) groups excluding carboxylic acids is 1. The number of aryl methyl sites for hydroxylation is 1. The van der Waals surface area contributed by atoms with Crippen molar-refractivity contribution in [3.8, 4) is 23.0 Å². The van der Waals surface area contributed by atoms with Crippen LogP contribution in [0, 0.1) is 11.8 Å². The van der Waals surface area contributed by atoms with Gasteiger partial charge >= 0.3 is 6.09 Å². The Kier molecular flexibility index (Phi) is 5.21. The number of hydrogen-bond acceptors (Lipinski definition) is 4. The lowest BCUT2D eigenvalue weighted by Crippen LogP contribution is -2.26. The molecule has 1 amide bonds. The minimum Gasteiger partial charge on any atom is -0.449 e. The molecule has 3 N–H and O–H groups in total. The first-order chi connectivity index (χ1) is 14.1. The standard InChI is InChI=1S/C23H22N4O2/c1-27-14-16(22(24)26-27)8-6-7-13-25-23(28)29-15-21-19-11-4-2-9-17(19)18-10-3-5-12-20(18)21/h2-5,9-12,14,21H,7,13,15H2,1H3,(H2,24,26)(H,25,28). The number of ether oxygens (including phenoxy) is 1. The van der Waals surface area contributed by atoms with E-state index in [0.717, 1.165) is 0 Å². The highest BCUT2D eigenvalue weighted by molar-refractivity contribution is 5.79. The summed E-state index contributed by atoms with van der Waals surface area (Å²) in [5.74, 6) is 6.40. The molecule has 146 valence electrons. The van der Waals surface area contributed by atoms with Crippen molar-refractivity contribution in [2.45, 2.75) is 12.3 Å². The number of anilines is 1. The molecule has 0 fully saturated rings. The van der Waals surface area contributed by atoms with E-state index in [1.165, 1.54) is 22.3 Å². The van der Waals surface area contributed by atoms with Gasteiger partial charge in [-0.1, -0.05) is 60.4 Å². The summed E-state index contributed by atoms with van der Waals surface area (Å²) < 4.78 is 7.11. The van der Waals surface area contributed by atoms with Crippen LogP contribution in [0.1, 0.15) is 29.0 Å². The summed E-state index contributed by atoms with van der Waals surface area (Å²) in [4.78, 5) is 12.1. The van der Waals surface area contributed by atoms with Gasteiger partial charge in [0.15, 0.2) is 5.82 Å². The van der Waals surface area contributed by atoms with E-state index in [-0.39, 0.29) is 5.92 Å². The van der Waals surface area contributed by atoms with Crippen LogP contribution in [0.4, 0.5) is 10.6 Å². The molecule has 0 saturated carbocycles. The molecule has 0 bridgehead atoms. The van der Waals surface area contributed by atoms with Crippen LogP contribution in [0.15, 0.2) is 54.7 Å². The van der Waals surface area contributed by atoms with Gasteiger partial charge in [-0.15, -0.1) is 0 Å². The van der Waals surface area contributed by atoms with Crippen molar-refractivity contribution in [1.82, 2.24) is 15.1 Å². The number of fused-ring (bicyclic) bond motifs is 3. The number of benzene rings is 2. The van der Waals surface area contributed by atoms with Gasteiger partial charge in [0.1, 0.15) is 6.61 Å². The second-order valence-electron chi connectivity index (χ2n) is 6.91. The van der Waals surface area contributed by atoms with Gasteiger partial charge in [-0.2, -0.15) is 5.10 Å². The Bertz CT molecular complexity index is 1060. The Morgan fingerprint density at radius 1 is 1.17 bits per heavy atom. The number of amides is 1. The van der Waals surface area contributed by atoms with Crippen LogP contribution in [-0.4, -0.2) is 29.0 Å². The molecule has 3 aromatic rings. The first kappa shape index (κ1) is 18.6. The normalized spacial score (nSPS) is 11.9. The molecular formula is C23H22N4O2. The maximum atomic E-state index is 12.1. The smallest absolute Gasteiger partial charge is 0.407 e. The molecule has 0 saturated heterocycles. The van der Waals surface area contributed by atoms with Crippen molar-refractivity contribution in [2.24, 2.45) is 7.05 Å². The minimum atomic E-state index is -0.436. The van der Waals surface area contributed by atoms with E-state index in [2.05, 4.69) is 46.5 Å². The lowest BCUT2D eigenvalue weighted by molar-refractivity contribution is 0.143. The number of nitrogen functional groups attached to an aromatic ring is 1. The average Bonchev–Trinajstić information content (AvgIpc) is 3.22. The largest absolute Gasteiger partial charge is 0.449 e. The molecule has 0 atom stereocenters. The number of rotatable bonds is 4. The molecule has 1 aromatic heterocycles. The SMILES string of the molecule is Cn1cc(C#CCCNC(=O)OCC2c3ccccc3-c3ccccc32)c(N)n1. The van der Waals surface area contributed by atoms with E-state index in [1.807, 2.05) is 24.3 Å². The summed E-state index contributed by atoms with van der Waals surface area (Å²) in [6, 6.07) is 16.5. The second-order valence-corrected chi connectivity index (χ2v) is 6.91. The number of alkyl carbamates (subject to hydrolysis) is 1. The number of nitrogens with one attached hydrogen (secondary N) is 1. The number of nitrogens with two attached hydrogens (primary N) is 1. The third-order valence-corrected chi connectivity index (χ3v) is 4.94. The summed E-state index contributed by atoms with van der Waals surface area (Å²) in [5.41, 5.74) is 11.2. The molecule has 1 heterocycles. The zero-order valence-electron chi connectivity index (χ0n) is 16.2. The van der Waals surface area contributed by atoms with Gasteiger partial charge in [-0.05, 0) is 22.3 Å². The van der Waals surface area contributed by atoms with Gasteiger partial charge in [-0.25, -0.2) is 4.79 Å². The first-order valence-corrected chi connectivity index (χ1v) is 9.50. The fraction of sp³-hybridized carbons (Fsp3) is 0.217. The summed E-state index contributed by atoms with van der Waals surface area (Å²) >= 11 is 0. The quantitative estimate of drug-likeness (QED) is 0.533. The van der Waals surface area contributed by atoms with Gasteiger partial charge < -0.3 is 15.8 Å². The van der Waals surface area contributed by atoms with E-state index in [1.54, 1.807) is 17.9 Å². The highest BCUT2D eigenvalue weighted by atomic mass is 16.5. The molecule has 0 radical (unpaired) electrons. The molecule has 1 aliphatic carbocycles. The van der Waals surface area contributed by atoms with Crippen molar-refractivity contribution in [3.63, 3.8) is 0 Å². The Hall–Kier alpha value is -3.72. The Morgan fingerprint density at radius 3 is 2.45 bits per heavy atom. The third kappa shape index (κ3) is 3.94. The van der Waals surface area contributed by atoms with Gasteiger partial charge in [0.05, 0.1) is 5.56 Å². The van der Waals surface area contributed by atoms with E-state index >= 15 is 0 Å². The maximum Gasteiger partial charge on any atom is 0.407 e. The Morgan fingerprint density at radius 2 is 1.83 bits per heavy atom. The fourth-order valence-electron chi connectivity index (χ4n) is 3.64. The number of aromatic nitrogens is 2. The van der Waals surface area contributed by atoms with Crippen molar-refractivity contribution in [1.29, 1.82) is 0 Å². The van der Waals surface area contributed by atoms with Crippen molar-refractivity contribution >= 4 is 11.9 Å². The fourth-order valence-corrected chi connectivity index (χ4v) is 3.64. The number of nitrogens with zero attached hydrogens (tertiary/aromatic N) is 2. The number of hydrogen-bond donors (Lipinski definition) is 2. The molecular weight excluding hydrogens is 364 g/mol. The Labute approximate surface area is 169 Å². The zero-order chi connectivity index (χ0) is 20.2. The van der Waals surface area contributed by atoms with Crippen LogP contribution < -0.4 is 11.1 Å². The van der Waals surface area contributed by atoms with Crippen molar-refractivity contribution in [3.05, 3.63) is 71.4 Å².